The van der Waals surface area contributed by atoms with Gasteiger partial charge in [0, 0.05) is 6.54 Å². The third-order valence-electron chi connectivity index (χ3n) is 2.88. The standard InChI is InChI=1S/C14H16F3NO/c1-4-9-18-12(19)13(2,3)10-7-5-6-8-11(10)14(15,16)17/h4-8H,1,9H2,2-3H3,(H,18,19). The van der Waals surface area contributed by atoms with Crippen molar-refractivity contribution in [3.8, 4) is 0 Å². The van der Waals surface area contributed by atoms with E-state index >= 15 is 0 Å². The van der Waals surface area contributed by atoms with E-state index in [1.165, 1.54) is 38.1 Å². The molecule has 5 heteroatoms. The van der Waals surface area contributed by atoms with Crippen LogP contribution in [0.15, 0.2) is 36.9 Å². The molecular formula is C14H16F3NO. The van der Waals surface area contributed by atoms with Crippen LogP contribution >= 0.6 is 0 Å². The summed E-state index contributed by atoms with van der Waals surface area (Å²) >= 11 is 0. The highest BCUT2D eigenvalue weighted by molar-refractivity contribution is 5.87. The Morgan fingerprint density at radius 1 is 1.26 bits per heavy atom. The van der Waals surface area contributed by atoms with Gasteiger partial charge in [0.15, 0.2) is 0 Å². The Morgan fingerprint density at radius 3 is 2.26 bits per heavy atom. The Labute approximate surface area is 110 Å². The molecule has 0 fully saturated rings. The summed E-state index contributed by atoms with van der Waals surface area (Å²) < 4.78 is 38.8. The van der Waals surface area contributed by atoms with Gasteiger partial charge >= 0.3 is 6.18 Å². The van der Waals surface area contributed by atoms with Gasteiger partial charge in [-0.2, -0.15) is 13.2 Å². The summed E-state index contributed by atoms with van der Waals surface area (Å²) in [6.07, 6.45) is -3.00. The second-order valence-electron chi connectivity index (χ2n) is 4.67. The first-order valence-corrected chi connectivity index (χ1v) is 5.77. The predicted octanol–water partition coefficient (Wildman–Crippen LogP) is 3.29. The van der Waals surface area contributed by atoms with Crippen molar-refractivity contribution in [1.82, 2.24) is 5.32 Å². The van der Waals surface area contributed by atoms with Crippen molar-refractivity contribution in [2.24, 2.45) is 0 Å². The molecule has 0 aliphatic rings. The highest BCUT2D eigenvalue weighted by Gasteiger charge is 2.40. The van der Waals surface area contributed by atoms with E-state index in [9.17, 15) is 18.0 Å². The van der Waals surface area contributed by atoms with Crippen LogP contribution in [-0.4, -0.2) is 12.5 Å². The van der Waals surface area contributed by atoms with E-state index in [0.717, 1.165) is 6.07 Å². The number of halogens is 3. The minimum atomic E-state index is -4.48. The van der Waals surface area contributed by atoms with Crippen molar-refractivity contribution in [3.05, 3.63) is 48.0 Å². The number of benzene rings is 1. The lowest BCUT2D eigenvalue weighted by Gasteiger charge is -2.27. The van der Waals surface area contributed by atoms with Gasteiger partial charge in [0.2, 0.25) is 5.91 Å². The summed E-state index contributed by atoms with van der Waals surface area (Å²) in [5, 5.41) is 2.53. The molecule has 0 heterocycles. The molecule has 0 aliphatic carbocycles. The van der Waals surface area contributed by atoms with E-state index < -0.39 is 23.1 Å². The minimum absolute atomic E-state index is 0.0379. The van der Waals surface area contributed by atoms with Gasteiger partial charge in [-0.1, -0.05) is 24.3 Å². The van der Waals surface area contributed by atoms with Crippen LogP contribution < -0.4 is 5.32 Å². The average molecular weight is 271 g/mol. The number of hydrogen-bond acceptors (Lipinski definition) is 1. The third-order valence-corrected chi connectivity index (χ3v) is 2.88. The van der Waals surface area contributed by atoms with E-state index in [1.807, 2.05) is 0 Å². The molecule has 2 nitrogen and oxygen atoms in total. The molecular weight excluding hydrogens is 255 g/mol. The molecule has 0 spiro atoms. The normalized spacial score (nSPS) is 12.1. The molecule has 0 unspecified atom stereocenters. The van der Waals surface area contributed by atoms with Gasteiger partial charge in [-0.3, -0.25) is 4.79 Å². The zero-order chi connectivity index (χ0) is 14.7. The number of amides is 1. The predicted molar refractivity (Wildman–Crippen MR) is 67.7 cm³/mol. The van der Waals surface area contributed by atoms with Crippen LogP contribution in [0.1, 0.15) is 25.0 Å². The van der Waals surface area contributed by atoms with Gasteiger partial charge < -0.3 is 5.32 Å². The fraction of sp³-hybridized carbons (Fsp3) is 0.357. The first-order valence-electron chi connectivity index (χ1n) is 5.77. The molecule has 1 amide bonds. The Kier molecular flexibility index (Phi) is 4.39. The Hall–Kier alpha value is -1.78. The van der Waals surface area contributed by atoms with Crippen molar-refractivity contribution in [1.29, 1.82) is 0 Å². The summed E-state index contributed by atoms with van der Waals surface area (Å²) in [6.45, 7) is 6.60. The molecule has 0 bridgehead atoms. The monoisotopic (exact) mass is 271 g/mol. The molecule has 1 aromatic carbocycles. The Balaban J connectivity index is 3.21. The lowest BCUT2D eigenvalue weighted by molar-refractivity contribution is -0.139. The molecule has 1 N–H and O–H groups in total. The van der Waals surface area contributed by atoms with Gasteiger partial charge in [-0.25, -0.2) is 0 Å². The maximum absolute atomic E-state index is 12.9. The van der Waals surface area contributed by atoms with Crippen molar-refractivity contribution in [2.75, 3.05) is 6.54 Å². The lowest BCUT2D eigenvalue weighted by Crippen LogP contribution is -2.41. The fourth-order valence-electron chi connectivity index (χ4n) is 1.78. The van der Waals surface area contributed by atoms with Crippen molar-refractivity contribution in [3.63, 3.8) is 0 Å². The van der Waals surface area contributed by atoms with Gasteiger partial charge in [0.25, 0.3) is 0 Å². The highest BCUT2D eigenvalue weighted by atomic mass is 19.4. The Morgan fingerprint density at radius 2 is 1.79 bits per heavy atom. The molecule has 0 aliphatic heterocycles. The molecule has 104 valence electrons. The number of carbonyl (C=O) groups excluding carboxylic acids is 1. The molecule has 0 radical (unpaired) electrons. The summed E-state index contributed by atoms with van der Waals surface area (Å²) in [6, 6.07) is 5.12. The quantitative estimate of drug-likeness (QED) is 0.836. The van der Waals surface area contributed by atoms with Crippen LogP contribution in [0.25, 0.3) is 0 Å². The number of alkyl halides is 3. The number of hydrogen-bond donors (Lipinski definition) is 1. The smallest absolute Gasteiger partial charge is 0.352 e. The van der Waals surface area contributed by atoms with E-state index in [2.05, 4.69) is 11.9 Å². The van der Waals surface area contributed by atoms with Crippen LogP contribution in [-0.2, 0) is 16.4 Å². The van der Waals surface area contributed by atoms with Crippen molar-refractivity contribution in [2.45, 2.75) is 25.4 Å². The largest absolute Gasteiger partial charge is 0.416 e. The van der Waals surface area contributed by atoms with E-state index in [1.54, 1.807) is 0 Å². The molecule has 0 aromatic heterocycles. The van der Waals surface area contributed by atoms with Crippen LogP contribution in [0.4, 0.5) is 13.2 Å². The summed E-state index contributed by atoms with van der Waals surface area (Å²) in [5.74, 6) is -0.468. The van der Waals surface area contributed by atoms with E-state index in [4.69, 9.17) is 0 Å². The van der Waals surface area contributed by atoms with E-state index in [0.29, 0.717) is 0 Å². The average Bonchev–Trinajstić information content (AvgIpc) is 2.34. The van der Waals surface area contributed by atoms with Crippen LogP contribution in [0.2, 0.25) is 0 Å². The molecule has 1 rings (SSSR count). The van der Waals surface area contributed by atoms with Gasteiger partial charge in [0.1, 0.15) is 0 Å². The fourth-order valence-corrected chi connectivity index (χ4v) is 1.78. The maximum Gasteiger partial charge on any atom is 0.416 e. The molecule has 0 saturated heterocycles. The van der Waals surface area contributed by atoms with Gasteiger partial charge in [-0.15, -0.1) is 6.58 Å². The lowest BCUT2D eigenvalue weighted by atomic mass is 9.80. The highest BCUT2D eigenvalue weighted by Crippen LogP contribution is 2.37. The summed E-state index contributed by atoms with van der Waals surface area (Å²) in [7, 11) is 0. The van der Waals surface area contributed by atoms with Crippen LogP contribution in [0, 0.1) is 0 Å². The summed E-state index contributed by atoms with van der Waals surface area (Å²) in [4.78, 5) is 12.0. The molecule has 1 aromatic rings. The molecule has 19 heavy (non-hydrogen) atoms. The zero-order valence-corrected chi connectivity index (χ0v) is 10.8. The topological polar surface area (TPSA) is 29.1 Å². The van der Waals surface area contributed by atoms with Crippen LogP contribution in [0.5, 0.6) is 0 Å². The van der Waals surface area contributed by atoms with Crippen LogP contribution in [0.3, 0.4) is 0 Å². The zero-order valence-electron chi connectivity index (χ0n) is 10.8. The third kappa shape index (κ3) is 3.36. The minimum Gasteiger partial charge on any atom is -0.352 e. The van der Waals surface area contributed by atoms with Gasteiger partial charge in [-0.05, 0) is 25.5 Å². The number of carbonyl (C=O) groups is 1. The Bertz CT molecular complexity index is 478. The van der Waals surface area contributed by atoms with Crippen molar-refractivity contribution < 1.29 is 18.0 Å². The van der Waals surface area contributed by atoms with E-state index in [-0.39, 0.29) is 12.1 Å². The summed E-state index contributed by atoms with van der Waals surface area (Å²) in [5.41, 5.74) is -2.09. The first kappa shape index (κ1) is 15.3. The first-order chi connectivity index (χ1) is 8.71. The van der Waals surface area contributed by atoms with Gasteiger partial charge in [0.05, 0.1) is 11.0 Å². The molecule has 0 saturated carbocycles. The SMILES string of the molecule is C=CCNC(=O)C(C)(C)c1ccccc1C(F)(F)F. The second kappa shape index (κ2) is 5.47. The second-order valence-corrected chi connectivity index (χ2v) is 4.67. The maximum atomic E-state index is 12.9. The molecule has 0 atom stereocenters. The number of nitrogens with one attached hydrogen (secondary N) is 1. The van der Waals surface area contributed by atoms with Crippen molar-refractivity contribution >= 4 is 5.91 Å². The number of rotatable bonds is 4.